The Morgan fingerprint density at radius 1 is 0.857 bits per heavy atom. The van der Waals surface area contributed by atoms with Gasteiger partial charge in [-0.15, -0.1) is 5.10 Å². The lowest BCUT2D eigenvalue weighted by Gasteiger charge is -2.14. The Morgan fingerprint density at radius 3 is 2.36 bits per heavy atom. The largest absolute Gasteiger partial charge is 0.497 e. The van der Waals surface area contributed by atoms with Gasteiger partial charge >= 0.3 is 0 Å². The molecule has 42 heavy (non-hydrogen) atoms. The summed E-state index contributed by atoms with van der Waals surface area (Å²) in [6.45, 7) is 0.237. The molecule has 5 aromatic rings. The Labute approximate surface area is 245 Å². The number of nitrogens with one attached hydrogen (secondary N) is 1. The van der Waals surface area contributed by atoms with Crippen LogP contribution in [0.25, 0.3) is 23.3 Å². The van der Waals surface area contributed by atoms with Crippen LogP contribution in [0, 0.1) is 0 Å². The monoisotopic (exact) mass is 556 g/mol. The quantitative estimate of drug-likeness (QED) is 0.136. The molecule has 0 aliphatic heterocycles. The molecular weight excluding hydrogens is 524 g/mol. The highest BCUT2D eigenvalue weighted by atomic mass is 16.6. The van der Waals surface area contributed by atoms with Crippen LogP contribution < -0.4 is 10.2 Å². The van der Waals surface area contributed by atoms with Gasteiger partial charge in [0.15, 0.2) is 0 Å². The summed E-state index contributed by atoms with van der Waals surface area (Å²) in [5.74, 6) is 0.369. The predicted molar refractivity (Wildman–Crippen MR) is 165 cm³/mol. The number of nitrogens with zero attached hydrogens (tertiary/aromatic N) is 3. The maximum atomic E-state index is 12.3. The van der Waals surface area contributed by atoms with Gasteiger partial charge in [-0.2, -0.15) is 0 Å². The third-order valence-electron chi connectivity index (χ3n) is 6.63. The van der Waals surface area contributed by atoms with E-state index >= 15 is 0 Å². The van der Waals surface area contributed by atoms with E-state index in [1.54, 1.807) is 13.2 Å². The van der Waals surface area contributed by atoms with E-state index in [4.69, 9.17) is 9.57 Å². The second-order valence-electron chi connectivity index (χ2n) is 9.67. The standard InChI is InChI=1S/C35H32N4O3/c1-41-34-20-16-28(17-21-34)26-42-37-35(40)22-18-32-25-39(38-36-32)33(19-15-27-9-4-2-5-10-27)24-29-11-8-14-31(23-29)30-12-6-3-7-13-30/h2-23,25,33H,24,26H2,1H3,(H,37,40)/b19-15+,22-18+. The molecule has 1 atom stereocenters. The molecular formula is C35H32N4O3. The van der Waals surface area contributed by atoms with Crippen molar-refractivity contribution in [1.82, 2.24) is 20.5 Å². The predicted octanol–water partition coefficient (Wildman–Crippen LogP) is 6.71. The molecule has 7 nitrogen and oxygen atoms in total. The number of hydrogen-bond acceptors (Lipinski definition) is 5. The highest BCUT2D eigenvalue weighted by Gasteiger charge is 2.12. The van der Waals surface area contributed by atoms with Crippen molar-refractivity contribution >= 4 is 18.1 Å². The van der Waals surface area contributed by atoms with Crippen LogP contribution in [0.5, 0.6) is 5.75 Å². The first kappa shape index (κ1) is 28.3. The lowest BCUT2D eigenvalue weighted by molar-refractivity contribution is -0.129. The van der Waals surface area contributed by atoms with Crippen LogP contribution in [0.4, 0.5) is 0 Å². The minimum absolute atomic E-state index is 0.0902. The second-order valence-corrected chi connectivity index (χ2v) is 9.67. The van der Waals surface area contributed by atoms with Crippen LogP contribution in [0.1, 0.15) is 28.4 Å². The normalized spacial score (nSPS) is 12.0. The smallest absolute Gasteiger partial charge is 0.267 e. The van der Waals surface area contributed by atoms with Crippen LogP contribution in [0.15, 0.2) is 128 Å². The lowest BCUT2D eigenvalue weighted by Crippen LogP contribution is -2.21. The summed E-state index contributed by atoms with van der Waals surface area (Å²) in [7, 11) is 1.61. The molecule has 1 amide bonds. The number of hydroxylamine groups is 1. The highest BCUT2D eigenvalue weighted by Crippen LogP contribution is 2.24. The summed E-state index contributed by atoms with van der Waals surface area (Å²) in [4.78, 5) is 17.6. The Balaban J connectivity index is 1.26. The average Bonchev–Trinajstić information content (AvgIpc) is 3.52. The van der Waals surface area contributed by atoms with E-state index in [1.165, 1.54) is 22.8 Å². The number of carbonyl (C=O) groups is 1. The SMILES string of the molecule is COc1ccc(CONC(=O)/C=C/c2cn(C(/C=C/c3ccccc3)Cc3cccc(-c4ccccc4)c3)nn2)cc1. The van der Waals surface area contributed by atoms with Crippen LogP contribution in [0.2, 0.25) is 0 Å². The number of rotatable bonds is 12. The van der Waals surface area contributed by atoms with Crippen molar-refractivity contribution in [3.63, 3.8) is 0 Å². The number of hydrogen-bond donors (Lipinski definition) is 1. The van der Waals surface area contributed by atoms with Crippen molar-refractivity contribution in [3.8, 4) is 16.9 Å². The van der Waals surface area contributed by atoms with E-state index in [9.17, 15) is 4.79 Å². The first-order valence-electron chi connectivity index (χ1n) is 13.7. The zero-order chi connectivity index (χ0) is 29.0. The Morgan fingerprint density at radius 2 is 1.60 bits per heavy atom. The van der Waals surface area contributed by atoms with E-state index in [2.05, 4.69) is 76.5 Å². The third kappa shape index (κ3) is 8.13. The van der Waals surface area contributed by atoms with Gasteiger partial charge < -0.3 is 4.74 Å². The maximum absolute atomic E-state index is 12.3. The molecule has 1 aromatic heterocycles. The number of aromatic nitrogens is 3. The summed E-state index contributed by atoms with van der Waals surface area (Å²) < 4.78 is 6.98. The number of methoxy groups -OCH3 is 1. The Hall–Kier alpha value is -5.27. The fourth-order valence-electron chi connectivity index (χ4n) is 4.42. The fraction of sp³-hybridized carbons (Fsp3) is 0.114. The van der Waals surface area contributed by atoms with Crippen molar-refractivity contribution in [2.45, 2.75) is 19.1 Å². The van der Waals surface area contributed by atoms with Gasteiger partial charge in [0, 0.05) is 6.08 Å². The summed E-state index contributed by atoms with van der Waals surface area (Å²) in [5, 5.41) is 8.67. The Bertz CT molecular complexity index is 1630. The van der Waals surface area contributed by atoms with Crippen molar-refractivity contribution in [3.05, 3.63) is 150 Å². The molecule has 0 fully saturated rings. The van der Waals surface area contributed by atoms with E-state index < -0.39 is 5.91 Å². The van der Waals surface area contributed by atoms with Crippen molar-refractivity contribution in [1.29, 1.82) is 0 Å². The topological polar surface area (TPSA) is 78.3 Å². The molecule has 4 aromatic carbocycles. The second kappa shape index (κ2) is 14.4. The lowest BCUT2D eigenvalue weighted by atomic mass is 9.99. The van der Waals surface area contributed by atoms with Gasteiger partial charge in [0.1, 0.15) is 11.4 Å². The molecule has 1 heterocycles. The van der Waals surface area contributed by atoms with Gasteiger partial charge in [-0.1, -0.05) is 114 Å². The van der Waals surface area contributed by atoms with E-state index in [0.717, 1.165) is 23.3 Å². The van der Waals surface area contributed by atoms with Gasteiger partial charge in [-0.25, -0.2) is 10.2 Å². The van der Waals surface area contributed by atoms with Crippen LogP contribution in [-0.4, -0.2) is 28.0 Å². The molecule has 1 unspecified atom stereocenters. The number of allylic oxidation sites excluding steroid dienone is 1. The molecule has 0 radical (unpaired) electrons. The van der Waals surface area contributed by atoms with Gasteiger partial charge in [0.2, 0.25) is 0 Å². The van der Waals surface area contributed by atoms with Crippen LogP contribution in [-0.2, 0) is 22.7 Å². The maximum Gasteiger partial charge on any atom is 0.267 e. The van der Waals surface area contributed by atoms with Crippen molar-refractivity contribution in [2.75, 3.05) is 7.11 Å². The number of amides is 1. The molecule has 0 aliphatic rings. The zero-order valence-corrected chi connectivity index (χ0v) is 23.3. The molecule has 5 rings (SSSR count). The minimum Gasteiger partial charge on any atom is -0.497 e. The molecule has 1 N–H and O–H groups in total. The van der Waals surface area contributed by atoms with Crippen molar-refractivity contribution in [2.24, 2.45) is 0 Å². The van der Waals surface area contributed by atoms with E-state index in [0.29, 0.717) is 5.69 Å². The van der Waals surface area contributed by atoms with Gasteiger partial charge in [-0.05, 0) is 52.4 Å². The number of benzene rings is 4. The average molecular weight is 557 g/mol. The van der Waals surface area contributed by atoms with E-state index in [-0.39, 0.29) is 12.6 Å². The third-order valence-corrected chi connectivity index (χ3v) is 6.63. The molecule has 210 valence electrons. The van der Waals surface area contributed by atoms with Gasteiger partial charge in [-0.3, -0.25) is 9.63 Å². The highest BCUT2D eigenvalue weighted by molar-refractivity contribution is 5.90. The summed E-state index contributed by atoms with van der Waals surface area (Å²) in [5.41, 5.74) is 8.53. The summed E-state index contributed by atoms with van der Waals surface area (Å²) in [6, 6.07) is 36.4. The first-order chi connectivity index (χ1) is 20.7. The molecule has 0 saturated carbocycles. The molecule has 0 bridgehead atoms. The van der Waals surface area contributed by atoms with Gasteiger partial charge in [0.05, 0.1) is 26.0 Å². The van der Waals surface area contributed by atoms with Gasteiger partial charge in [0.25, 0.3) is 5.91 Å². The minimum atomic E-state index is -0.392. The summed E-state index contributed by atoms with van der Waals surface area (Å²) in [6.07, 6.45) is 9.77. The first-order valence-corrected chi connectivity index (χ1v) is 13.7. The zero-order valence-electron chi connectivity index (χ0n) is 23.3. The van der Waals surface area contributed by atoms with Crippen molar-refractivity contribution < 1.29 is 14.4 Å². The number of carbonyl (C=O) groups excluding carboxylic acids is 1. The summed E-state index contributed by atoms with van der Waals surface area (Å²) >= 11 is 0. The molecule has 7 heteroatoms. The van der Waals surface area contributed by atoms with E-state index in [1.807, 2.05) is 71.5 Å². The van der Waals surface area contributed by atoms with Crippen LogP contribution in [0.3, 0.4) is 0 Å². The Kier molecular flexibility index (Phi) is 9.68. The fourth-order valence-corrected chi connectivity index (χ4v) is 4.42. The molecule has 0 saturated heterocycles. The molecule has 0 aliphatic carbocycles. The van der Waals surface area contributed by atoms with Crippen LogP contribution >= 0.6 is 0 Å². The number of ether oxygens (including phenoxy) is 1. The molecule has 0 spiro atoms.